The van der Waals surface area contributed by atoms with Crippen molar-refractivity contribution in [1.82, 2.24) is 15.1 Å². The Morgan fingerprint density at radius 1 is 1.32 bits per heavy atom. The van der Waals surface area contributed by atoms with Crippen molar-refractivity contribution in [1.29, 1.82) is 0 Å². The van der Waals surface area contributed by atoms with E-state index in [1.165, 1.54) is 35.4 Å². The van der Waals surface area contributed by atoms with Gasteiger partial charge < -0.3 is 5.73 Å². The molecule has 114 valence electrons. The van der Waals surface area contributed by atoms with Gasteiger partial charge in [-0.15, -0.1) is 0 Å². The zero-order valence-corrected chi connectivity index (χ0v) is 12.5. The maximum absolute atomic E-state index is 11.3. The average molecular weight is 296 g/mol. The van der Waals surface area contributed by atoms with Crippen LogP contribution in [0, 0.1) is 0 Å². The van der Waals surface area contributed by atoms with Gasteiger partial charge in [0.1, 0.15) is 0 Å². The minimum atomic E-state index is -0.359. The predicted molar refractivity (Wildman–Crippen MR) is 83.3 cm³/mol. The maximum Gasteiger partial charge on any atom is 0.248 e. The smallest absolute Gasteiger partial charge is 0.248 e. The lowest BCUT2D eigenvalue weighted by Gasteiger charge is -2.28. The van der Waals surface area contributed by atoms with Crippen LogP contribution in [0.4, 0.5) is 0 Å². The van der Waals surface area contributed by atoms with Crippen LogP contribution in [0.25, 0.3) is 0 Å². The number of hydrogen-bond donors (Lipinski definition) is 2. The van der Waals surface area contributed by atoms with Crippen molar-refractivity contribution in [3.8, 4) is 0 Å². The summed E-state index contributed by atoms with van der Waals surface area (Å²) in [6.07, 6.45) is 3.56. The fourth-order valence-corrected chi connectivity index (χ4v) is 3.19. The maximum atomic E-state index is 11.3. The number of nitrogens with one attached hydrogen (secondary N) is 1. The van der Waals surface area contributed by atoms with E-state index in [1.807, 2.05) is 18.2 Å². The Labute approximate surface area is 129 Å². The monoisotopic (exact) mass is 296 g/mol. The standard InChI is InChI=1S/C17H20N4O/c18-17(22)13-4-1-11-5-6-21(9-14(11)7-13)10-15-8-16(20-19-15)12-2-3-12/h1,4,7-8,12H,2-3,5-6,9-10H2,(H2,18,22)(H,19,20). The van der Waals surface area contributed by atoms with Gasteiger partial charge in [-0.25, -0.2) is 0 Å². The van der Waals surface area contributed by atoms with E-state index in [1.54, 1.807) is 0 Å². The van der Waals surface area contributed by atoms with Crippen molar-refractivity contribution in [2.45, 2.75) is 38.3 Å². The Balaban J connectivity index is 1.48. The van der Waals surface area contributed by atoms with E-state index >= 15 is 0 Å². The zero-order chi connectivity index (χ0) is 15.1. The van der Waals surface area contributed by atoms with Crippen molar-refractivity contribution >= 4 is 5.91 Å². The molecule has 0 bridgehead atoms. The highest BCUT2D eigenvalue weighted by Gasteiger charge is 2.26. The van der Waals surface area contributed by atoms with E-state index in [2.05, 4.69) is 21.2 Å². The van der Waals surface area contributed by atoms with Crippen LogP contribution in [-0.2, 0) is 19.5 Å². The molecule has 4 rings (SSSR count). The van der Waals surface area contributed by atoms with Gasteiger partial charge in [0, 0.05) is 36.8 Å². The van der Waals surface area contributed by atoms with E-state index in [4.69, 9.17) is 5.73 Å². The molecule has 0 atom stereocenters. The first-order valence-electron chi connectivity index (χ1n) is 7.87. The molecule has 2 aliphatic rings. The molecule has 0 spiro atoms. The summed E-state index contributed by atoms with van der Waals surface area (Å²) in [5.41, 5.74) is 10.9. The zero-order valence-electron chi connectivity index (χ0n) is 12.5. The molecule has 1 saturated carbocycles. The lowest BCUT2D eigenvalue weighted by Crippen LogP contribution is -2.30. The molecule has 1 aliphatic heterocycles. The number of amides is 1. The number of hydrogen-bond acceptors (Lipinski definition) is 3. The third kappa shape index (κ3) is 2.64. The van der Waals surface area contributed by atoms with Crippen LogP contribution in [0.1, 0.15) is 51.6 Å². The molecule has 1 aromatic carbocycles. The van der Waals surface area contributed by atoms with Crippen LogP contribution in [0.3, 0.4) is 0 Å². The molecule has 22 heavy (non-hydrogen) atoms. The Hall–Kier alpha value is -2.14. The van der Waals surface area contributed by atoms with Crippen molar-refractivity contribution in [2.24, 2.45) is 5.73 Å². The van der Waals surface area contributed by atoms with Gasteiger partial charge in [0.25, 0.3) is 0 Å². The molecule has 1 aromatic heterocycles. The quantitative estimate of drug-likeness (QED) is 0.905. The predicted octanol–water partition coefficient (Wildman–Crippen LogP) is 1.94. The largest absolute Gasteiger partial charge is 0.366 e. The Morgan fingerprint density at radius 2 is 2.18 bits per heavy atom. The SMILES string of the molecule is NC(=O)c1ccc2c(c1)CN(Cc1cc(C3CC3)n[nH]1)CC2. The highest BCUT2D eigenvalue weighted by molar-refractivity contribution is 5.93. The second-order valence-corrected chi connectivity index (χ2v) is 6.40. The van der Waals surface area contributed by atoms with Crippen LogP contribution in [0.2, 0.25) is 0 Å². The van der Waals surface area contributed by atoms with Crippen LogP contribution >= 0.6 is 0 Å². The third-order valence-electron chi connectivity index (χ3n) is 4.62. The molecule has 2 heterocycles. The second kappa shape index (κ2) is 5.25. The summed E-state index contributed by atoms with van der Waals surface area (Å²) >= 11 is 0. The fourth-order valence-electron chi connectivity index (χ4n) is 3.19. The number of fused-ring (bicyclic) bond motifs is 1. The molecule has 2 aromatic rings. The summed E-state index contributed by atoms with van der Waals surface area (Å²) in [4.78, 5) is 13.7. The summed E-state index contributed by atoms with van der Waals surface area (Å²) in [5, 5.41) is 7.57. The second-order valence-electron chi connectivity index (χ2n) is 6.40. The molecule has 0 radical (unpaired) electrons. The van der Waals surface area contributed by atoms with Crippen molar-refractivity contribution in [3.63, 3.8) is 0 Å². The minimum Gasteiger partial charge on any atom is -0.366 e. The number of nitrogens with two attached hydrogens (primary N) is 1. The number of nitrogens with zero attached hydrogens (tertiary/aromatic N) is 2. The van der Waals surface area contributed by atoms with E-state index < -0.39 is 0 Å². The first-order chi connectivity index (χ1) is 10.7. The molecule has 1 amide bonds. The normalized spacial score (nSPS) is 18.2. The van der Waals surface area contributed by atoms with Crippen LogP contribution in [-0.4, -0.2) is 27.5 Å². The van der Waals surface area contributed by atoms with E-state index in [9.17, 15) is 4.79 Å². The third-order valence-corrected chi connectivity index (χ3v) is 4.62. The molecular formula is C17H20N4O. The van der Waals surface area contributed by atoms with Crippen molar-refractivity contribution < 1.29 is 4.79 Å². The number of aromatic amines is 1. The van der Waals surface area contributed by atoms with Gasteiger partial charge in [-0.3, -0.25) is 14.8 Å². The van der Waals surface area contributed by atoms with Gasteiger partial charge in [-0.1, -0.05) is 6.07 Å². The molecule has 0 saturated heterocycles. The number of carbonyl (C=O) groups is 1. The summed E-state index contributed by atoms with van der Waals surface area (Å²) in [6, 6.07) is 8.00. The topological polar surface area (TPSA) is 75.0 Å². The van der Waals surface area contributed by atoms with Gasteiger partial charge in [-0.05, 0) is 48.6 Å². The highest BCUT2D eigenvalue weighted by atomic mass is 16.1. The summed E-state index contributed by atoms with van der Waals surface area (Å²) in [6.45, 7) is 2.76. The van der Waals surface area contributed by atoms with Crippen molar-refractivity contribution in [2.75, 3.05) is 6.54 Å². The van der Waals surface area contributed by atoms with Crippen LogP contribution in [0.5, 0.6) is 0 Å². The molecule has 5 heteroatoms. The number of benzene rings is 1. The number of primary amides is 1. The molecule has 1 aliphatic carbocycles. The Morgan fingerprint density at radius 3 is 2.95 bits per heavy atom. The average Bonchev–Trinajstić information content (AvgIpc) is 3.27. The lowest BCUT2D eigenvalue weighted by atomic mass is 9.97. The number of rotatable bonds is 4. The summed E-state index contributed by atoms with van der Waals surface area (Å²) in [7, 11) is 0. The lowest BCUT2D eigenvalue weighted by molar-refractivity contribution is 0.1000. The summed E-state index contributed by atoms with van der Waals surface area (Å²) < 4.78 is 0. The van der Waals surface area contributed by atoms with Gasteiger partial charge >= 0.3 is 0 Å². The Kier molecular flexibility index (Phi) is 3.22. The minimum absolute atomic E-state index is 0.359. The van der Waals surface area contributed by atoms with Crippen LogP contribution < -0.4 is 5.73 Å². The first kappa shape index (κ1) is 13.5. The van der Waals surface area contributed by atoms with Crippen molar-refractivity contribution in [3.05, 3.63) is 52.3 Å². The fraction of sp³-hybridized carbons (Fsp3) is 0.412. The summed E-state index contributed by atoms with van der Waals surface area (Å²) in [5.74, 6) is 0.327. The van der Waals surface area contributed by atoms with Gasteiger partial charge in [0.2, 0.25) is 5.91 Å². The van der Waals surface area contributed by atoms with Gasteiger partial charge in [0.05, 0.1) is 5.69 Å². The van der Waals surface area contributed by atoms with Crippen LogP contribution in [0.15, 0.2) is 24.3 Å². The molecular weight excluding hydrogens is 276 g/mol. The Bertz CT molecular complexity index is 717. The first-order valence-corrected chi connectivity index (χ1v) is 7.87. The van der Waals surface area contributed by atoms with Gasteiger partial charge in [-0.2, -0.15) is 5.10 Å². The van der Waals surface area contributed by atoms with Gasteiger partial charge in [0.15, 0.2) is 0 Å². The molecule has 5 nitrogen and oxygen atoms in total. The highest BCUT2D eigenvalue weighted by Crippen LogP contribution is 2.39. The van der Waals surface area contributed by atoms with E-state index in [0.717, 1.165) is 26.1 Å². The van der Waals surface area contributed by atoms with E-state index in [-0.39, 0.29) is 5.91 Å². The molecule has 1 fully saturated rings. The van der Waals surface area contributed by atoms with E-state index in [0.29, 0.717) is 11.5 Å². The number of aromatic nitrogens is 2. The number of H-pyrrole nitrogens is 1. The molecule has 3 N–H and O–H groups in total. The molecule has 0 unspecified atom stereocenters. The number of carbonyl (C=O) groups excluding carboxylic acids is 1.